The number of piperidine rings is 1. The quantitative estimate of drug-likeness (QED) is 0.609. The molecule has 3 aliphatic rings. The van der Waals surface area contributed by atoms with Gasteiger partial charge in [-0.15, -0.1) is 0 Å². The summed E-state index contributed by atoms with van der Waals surface area (Å²) in [5, 5.41) is 14.7. The first kappa shape index (κ1) is 11.9. The summed E-state index contributed by atoms with van der Waals surface area (Å²) in [4.78, 5) is 0. The van der Waals surface area contributed by atoms with Crippen molar-refractivity contribution in [2.24, 2.45) is 5.73 Å². The smallest absolute Gasteiger partial charge is 0.0855 e. The van der Waals surface area contributed by atoms with E-state index < -0.39 is 5.60 Å². The van der Waals surface area contributed by atoms with E-state index in [1.165, 1.54) is 38.5 Å². The van der Waals surface area contributed by atoms with Crippen LogP contribution in [0.1, 0.15) is 64.2 Å². The van der Waals surface area contributed by atoms with Crippen LogP contribution in [0.2, 0.25) is 0 Å². The van der Waals surface area contributed by atoms with Crippen LogP contribution in [0.5, 0.6) is 0 Å². The molecule has 2 bridgehead atoms. The van der Waals surface area contributed by atoms with Crippen LogP contribution < -0.4 is 11.1 Å². The van der Waals surface area contributed by atoms with Crippen LogP contribution in [0.15, 0.2) is 0 Å². The average molecular weight is 238 g/mol. The van der Waals surface area contributed by atoms with Crippen molar-refractivity contribution < 1.29 is 5.11 Å². The van der Waals surface area contributed by atoms with Gasteiger partial charge in [-0.25, -0.2) is 0 Å². The molecule has 2 atom stereocenters. The topological polar surface area (TPSA) is 58.3 Å². The third kappa shape index (κ3) is 2.02. The molecule has 1 saturated carbocycles. The summed E-state index contributed by atoms with van der Waals surface area (Å²) < 4.78 is 0. The lowest BCUT2D eigenvalue weighted by atomic mass is 9.68. The highest BCUT2D eigenvalue weighted by atomic mass is 16.3. The Kier molecular flexibility index (Phi) is 2.96. The molecule has 2 unspecified atom stereocenters. The third-order valence-electron chi connectivity index (χ3n) is 5.43. The standard InChI is InChI=1S/C14H26N2O/c15-13(7-3-1-2-4-8-13)14(17)9-11-5-6-12(10-14)16-11/h11-12,16-17H,1-10,15H2. The molecule has 3 fully saturated rings. The van der Waals surface area contributed by atoms with Crippen LogP contribution >= 0.6 is 0 Å². The summed E-state index contributed by atoms with van der Waals surface area (Å²) in [6.45, 7) is 0. The fourth-order valence-corrected chi connectivity index (χ4v) is 4.35. The van der Waals surface area contributed by atoms with Gasteiger partial charge in [0.1, 0.15) is 0 Å². The number of rotatable bonds is 1. The SMILES string of the molecule is NC1(C2(O)CC3CCC(C2)N3)CCCCCC1. The molecule has 4 N–H and O–H groups in total. The van der Waals surface area contributed by atoms with Gasteiger partial charge in [0.25, 0.3) is 0 Å². The highest BCUT2D eigenvalue weighted by molar-refractivity contribution is 5.11. The van der Waals surface area contributed by atoms with Gasteiger partial charge in [-0.3, -0.25) is 0 Å². The van der Waals surface area contributed by atoms with Crippen LogP contribution in [-0.2, 0) is 0 Å². The predicted molar refractivity (Wildman–Crippen MR) is 68.7 cm³/mol. The van der Waals surface area contributed by atoms with E-state index in [9.17, 15) is 5.11 Å². The first-order valence-corrected chi connectivity index (χ1v) is 7.39. The molecular weight excluding hydrogens is 212 g/mol. The van der Waals surface area contributed by atoms with Crippen molar-refractivity contribution >= 4 is 0 Å². The lowest BCUT2D eigenvalue weighted by Crippen LogP contribution is -2.65. The molecule has 1 aliphatic carbocycles. The normalized spacial score (nSPS) is 45.5. The Morgan fingerprint density at radius 2 is 1.47 bits per heavy atom. The first-order valence-electron chi connectivity index (χ1n) is 7.39. The first-order chi connectivity index (χ1) is 8.11. The summed E-state index contributed by atoms with van der Waals surface area (Å²) >= 11 is 0. The molecule has 2 aliphatic heterocycles. The van der Waals surface area contributed by atoms with Gasteiger partial charge in [0.15, 0.2) is 0 Å². The highest BCUT2D eigenvalue weighted by Gasteiger charge is 2.53. The number of aliphatic hydroxyl groups is 1. The Morgan fingerprint density at radius 3 is 2.00 bits per heavy atom. The zero-order valence-electron chi connectivity index (χ0n) is 10.8. The minimum atomic E-state index is -0.603. The van der Waals surface area contributed by atoms with E-state index in [-0.39, 0.29) is 5.54 Å². The summed E-state index contributed by atoms with van der Waals surface area (Å²) in [5.41, 5.74) is 5.73. The zero-order valence-corrected chi connectivity index (χ0v) is 10.8. The van der Waals surface area contributed by atoms with Crippen molar-refractivity contribution in [1.29, 1.82) is 0 Å². The van der Waals surface area contributed by atoms with Gasteiger partial charge in [-0.2, -0.15) is 0 Å². The lowest BCUT2D eigenvalue weighted by Gasteiger charge is -2.49. The molecule has 0 amide bonds. The van der Waals surface area contributed by atoms with Gasteiger partial charge in [0.05, 0.1) is 5.60 Å². The molecule has 0 aromatic carbocycles. The third-order valence-corrected chi connectivity index (χ3v) is 5.43. The molecule has 3 heteroatoms. The Morgan fingerprint density at radius 1 is 0.941 bits per heavy atom. The van der Waals surface area contributed by atoms with Crippen molar-refractivity contribution in [2.75, 3.05) is 0 Å². The predicted octanol–water partition coefficient (Wildman–Crippen LogP) is 1.68. The number of nitrogens with one attached hydrogen (secondary N) is 1. The second-order valence-electron chi connectivity index (χ2n) is 6.65. The molecule has 3 rings (SSSR count). The molecule has 0 radical (unpaired) electrons. The van der Waals surface area contributed by atoms with E-state index in [2.05, 4.69) is 5.32 Å². The maximum Gasteiger partial charge on any atom is 0.0855 e. The summed E-state index contributed by atoms with van der Waals surface area (Å²) in [5.74, 6) is 0. The highest BCUT2D eigenvalue weighted by Crippen LogP contribution is 2.44. The van der Waals surface area contributed by atoms with Crippen molar-refractivity contribution in [3.63, 3.8) is 0 Å². The van der Waals surface area contributed by atoms with Crippen LogP contribution in [0.3, 0.4) is 0 Å². The maximum absolute atomic E-state index is 11.1. The van der Waals surface area contributed by atoms with E-state index in [0.29, 0.717) is 12.1 Å². The van der Waals surface area contributed by atoms with Gasteiger partial charge in [-0.05, 0) is 38.5 Å². The molecule has 0 aromatic rings. The summed E-state index contributed by atoms with van der Waals surface area (Å²) in [6, 6.07) is 1.03. The van der Waals surface area contributed by atoms with Crippen molar-refractivity contribution in [3.8, 4) is 0 Å². The van der Waals surface area contributed by atoms with E-state index in [1.807, 2.05) is 0 Å². The Labute approximate surface area is 104 Å². The van der Waals surface area contributed by atoms with Gasteiger partial charge in [0, 0.05) is 17.6 Å². The molecule has 3 nitrogen and oxygen atoms in total. The van der Waals surface area contributed by atoms with Gasteiger partial charge >= 0.3 is 0 Å². The van der Waals surface area contributed by atoms with Crippen LogP contribution in [-0.4, -0.2) is 28.3 Å². The zero-order chi connectivity index (χ0) is 11.9. The monoisotopic (exact) mass is 238 g/mol. The molecule has 0 aromatic heterocycles. The van der Waals surface area contributed by atoms with E-state index in [4.69, 9.17) is 5.73 Å². The van der Waals surface area contributed by atoms with Crippen molar-refractivity contribution in [2.45, 2.75) is 87.4 Å². The van der Waals surface area contributed by atoms with Gasteiger partial charge in [-0.1, -0.05) is 25.7 Å². The van der Waals surface area contributed by atoms with Crippen LogP contribution in [0.25, 0.3) is 0 Å². The Hall–Kier alpha value is -0.120. The van der Waals surface area contributed by atoms with E-state index >= 15 is 0 Å². The Balaban J connectivity index is 1.80. The second kappa shape index (κ2) is 4.22. The van der Waals surface area contributed by atoms with Gasteiger partial charge in [0.2, 0.25) is 0 Å². The summed E-state index contributed by atoms with van der Waals surface area (Å²) in [6.07, 6.45) is 11.2. The van der Waals surface area contributed by atoms with Crippen molar-refractivity contribution in [1.82, 2.24) is 5.32 Å². The molecular formula is C14H26N2O. The molecule has 98 valence electrons. The number of fused-ring (bicyclic) bond motifs is 2. The van der Waals surface area contributed by atoms with Crippen molar-refractivity contribution in [3.05, 3.63) is 0 Å². The average Bonchev–Trinajstić information content (AvgIpc) is 2.52. The van der Waals surface area contributed by atoms with E-state index in [0.717, 1.165) is 25.7 Å². The van der Waals surface area contributed by atoms with Crippen LogP contribution in [0, 0.1) is 0 Å². The second-order valence-corrected chi connectivity index (χ2v) is 6.65. The maximum atomic E-state index is 11.1. The number of nitrogens with two attached hydrogens (primary N) is 1. The number of hydrogen-bond donors (Lipinski definition) is 3. The molecule has 2 heterocycles. The van der Waals surface area contributed by atoms with Gasteiger partial charge < -0.3 is 16.2 Å². The molecule has 2 saturated heterocycles. The van der Waals surface area contributed by atoms with E-state index in [1.54, 1.807) is 0 Å². The number of hydrogen-bond acceptors (Lipinski definition) is 3. The Bertz CT molecular complexity index is 272. The minimum Gasteiger partial charge on any atom is -0.388 e. The fraction of sp³-hybridized carbons (Fsp3) is 1.00. The fourth-order valence-electron chi connectivity index (χ4n) is 4.35. The van der Waals surface area contributed by atoms with Crippen LogP contribution in [0.4, 0.5) is 0 Å². The molecule has 17 heavy (non-hydrogen) atoms. The largest absolute Gasteiger partial charge is 0.388 e. The lowest BCUT2D eigenvalue weighted by molar-refractivity contribution is -0.0777. The summed E-state index contributed by atoms with van der Waals surface area (Å²) in [7, 11) is 0. The molecule has 0 spiro atoms. The minimum absolute atomic E-state index is 0.313.